The van der Waals surface area contributed by atoms with Gasteiger partial charge in [-0.15, -0.1) is 24.0 Å². The molecule has 0 spiro atoms. The Hall–Kier alpha value is -1.84. The minimum absolute atomic E-state index is 0. The van der Waals surface area contributed by atoms with Gasteiger partial charge in [0.2, 0.25) is 11.8 Å². The van der Waals surface area contributed by atoms with Crippen LogP contribution in [0.3, 0.4) is 0 Å². The predicted octanol–water partition coefficient (Wildman–Crippen LogP) is 2.21. The molecular formula is C21H34IN5O2. The second-order valence-electron chi connectivity index (χ2n) is 7.35. The van der Waals surface area contributed by atoms with Crippen molar-refractivity contribution in [3.05, 3.63) is 35.9 Å². The summed E-state index contributed by atoms with van der Waals surface area (Å²) in [6.45, 7) is 5.51. The molecule has 7 nitrogen and oxygen atoms in total. The monoisotopic (exact) mass is 515 g/mol. The summed E-state index contributed by atoms with van der Waals surface area (Å²) in [4.78, 5) is 32.2. The van der Waals surface area contributed by atoms with Crippen LogP contribution in [0.25, 0.3) is 0 Å². The molecule has 1 saturated heterocycles. The molecule has 1 unspecified atom stereocenters. The van der Waals surface area contributed by atoms with Gasteiger partial charge < -0.3 is 20.9 Å². The number of halogens is 1. The highest BCUT2D eigenvalue weighted by Gasteiger charge is 2.23. The molecule has 1 heterocycles. The molecule has 0 saturated carbocycles. The first-order valence-electron chi connectivity index (χ1n) is 10.1. The molecule has 8 heteroatoms. The van der Waals surface area contributed by atoms with Gasteiger partial charge in [-0.1, -0.05) is 30.3 Å². The molecule has 0 aromatic heterocycles. The number of piperidine rings is 1. The van der Waals surface area contributed by atoms with E-state index in [1.807, 2.05) is 44.3 Å². The summed E-state index contributed by atoms with van der Waals surface area (Å²) >= 11 is 0. The zero-order valence-corrected chi connectivity index (χ0v) is 19.8. The van der Waals surface area contributed by atoms with Gasteiger partial charge in [-0.05, 0) is 31.2 Å². The van der Waals surface area contributed by atoms with Gasteiger partial charge in [0.1, 0.15) is 0 Å². The molecule has 1 atom stereocenters. The van der Waals surface area contributed by atoms with E-state index in [0.717, 1.165) is 44.0 Å². The fraction of sp³-hybridized carbons (Fsp3) is 0.571. The van der Waals surface area contributed by atoms with Crippen molar-refractivity contribution in [3.63, 3.8) is 0 Å². The largest absolute Gasteiger partial charge is 0.370 e. The summed E-state index contributed by atoms with van der Waals surface area (Å²) in [5, 5.41) is 3.30. The van der Waals surface area contributed by atoms with Crippen molar-refractivity contribution >= 4 is 41.8 Å². The minimum Gasteiger partial charge on any atom is -0.370 e. The van der Waals surface area contributed by atoms with E-state index < -0.39 is 0 Å². The van der Waals surface area contributed by atoms with Gasteiger partial charge in [-0.25, -0.2) is 0 Å². The Labute approximate surface area is 191 Å². The number of aliphatic imine (C=N–C) groups is 1. The van der Waals surface area contributed by atoms with Crippen LogP contribution >= 0.6 is 24.0 Å². The number of hydrogen-bond donors (Lipinski definition) is 2. The third-order valence-electron chi connectivity index (χ3n) is 4.92. The molecule has 0 radical (unpaired) electrons. The van der Waals surface area contributed by atoms with Crippen LogP contribution in [-0.4, -0.2) is 60.8 Å². The Balaban J connectivity index is 0.00000420. The first kappa shape index (κ1) is 25.2. The fourth-order valence-electron chi connectivity index (χ4n) is 3.53. The van der Waals surface area contributed by atoms with Crippen LogP contribution in [-0.2, 0) is 16.1 Å². The Morgan fingerprint density at radius 3 is 2.69 bits per heavy atom. The maximum absolute atomic E-state index is 12.4. The van der Waals surface area contributed by atoms with Gasteiger partial charge in [0.05, 0.1) is 6.54 Å². The van der Waals surface area contributed by atoms with Crippen molar-refractivity contribution in [1.29, 1.82) is 0 Å². The van der Waals surface area contributed by atoms with Crippen LogP contribution in [0.15, 0.2) is 35.3 Å². The number of nitrogens with one attached hydrogen (secondary N) is 1. The van der Waals surface area contributed by atoms with E-state index in [0.29, 0.717) is 25.9 Å². The Bertz CT molecular complexity index is 668. The summed E-state index contributed by atoms with van der Waals surface area (Å²) < 4.78 is 0. The molecule has 29 heavy (non-hydrogen) atoms. The molecule has 2 rings (SSSR count). The van der Waals surface area contributed by atoms with E-state index in [4.69, 9.17) is 5.73 Å². The standard InChI is InChI=1S/C21H33N5O2.HI/c1-3-23-21(26-13-7-10-18(16-26)14-19(22)27)24-12-11-20(28)25(2)15-17-8-5-4-6-9-17;/h4-6,8-9,18H,3,7,10-16H2,1-2H3,(H2,22,27)(H,23,24);1H. The lowest BCUT2D eigenvalue weighted by molar-refractivity contribution is -0.130. The van der Waals surface area contributed by atoms with Crippen molar-refractivity contribution in [3.8, 4) is 0 Å². The van der Waals surface area contributed by atoms with Gasteiger partial charge in [-0.3, -0.25) is 14.6 Å². The number of nitrogens with two attached hydrogens (primary N) is 1. The second-order valence-corrected chi connectivity index (χ2v) is 7.35. The molecule has 1 aromatic carbocycles. The van der Waals surface area contributed by atoms with Crippen molar-refractivity contribution in [2.24, 2.45) is 16.6 Å². The number of likely N-dealkylation sites (tertiary alicyclic amines) is 1. The Morgan fingerprint density at radius 2 is 2.03 bits per heavy atom. The lowest BCUT2D eigenvalue weighted by Crippen LogP contribution is -2.47. The van der Waals surface area contributed by atoms with Crippen LogP contribution in [0, 0.1) is 5.92 Å². The summed E-state index contributed by atoms with van der Waals surface area (Å²) in [6, 6.07) is 9.96. The van der Waals surface area contributed by atoms with Gasteiger partial charge in [0.15, 0.2) is 5.96 Å². The third-order valence-corrected chi connectivity index (χ3v) is 4.92. The number of hydrogen-bond acceptors (Lipinski definition) is 3. The zero-order chi connectivity index (χ0) is 20.4. The second kappa shape index (κ2) is 13.4. The molecule has 0 bridgehead atoms. The molecule has 1 aromatic rings. The molecule has 1 aliphatic heterocycles. The van der Waals surface area contributed by atoms with Gasteiger partial charge >= 0.3 is 0 Å². The zero-order valence-electron chi connectivity index (χ0n) is 17.5. The highest BCUT2D eigenvalue weighted by atomic mass is 127. The van der Waals surface area contributed by atoms with Crippen molar-refractivity contribution < 1.29 is 9.59 Å². The molecule has 2 amide bonds. The minimum atomic E-state index is -0.249. The SMILES string of the molecule is CCNC(=NCCC(=O)N(C)Cc1ccccc1)N1CCCC(CC(N)=O)C1.I. The average Bonchev–Trinajstić information content (AvgIpc) is 2.67. The van der Waals surface area contributed by atoms with E-state index >= 15 is 0 Å². The lowest BCUT2D eigenvalue weighted by atomic mass is 9.95. The van der Waals surface area contributed by atoms with Gasteiger partial charge in [0, 0.05) is 46.1 Å². The van der Waals surface area contributed by atoms with E-state index in [1.54, 1.807) is 4.90 Å². The van der Waals surface area contributed by atoms with Crippen LogP contribution in [0.1, 0.15) is 38.2 Å². The summed E-state index contributed by atoms with van der Waals surface area (Å²) in [7, 11) is 1.82. The number of carbonyl (C=O) groups excluding carboxylic acids is 2. The van der Waals surface area contributed by atoms with Crippen LogP contribution in [0.5, 0.6) is 0 Å². The molecule has 162 valence electrons. The highest BCUT2D eigenvalue weighted by molar-refractivity contribution is 14.0. The fourth-order valence-corrected chi connectivity index (χ4v) is 3.53. The number of rotatable bonds is 8. The van der Waals surface area contributed by atoms with E-state index in [1.165, 1.54) is 0 Å². The van der Waals surface area contributed by atoms with E-state index in [-0.39, 0.29) is 41.7 Å². The average molecular weight is 515 g/mol. The number of carbonyl (C=O) groups is 2. The number of benzene rings is 1. The Morgan fingerprint density at radius 1 is 1.31 bits per heavy atom. The number of primary amides is 1. The quantitative estimate of drug-likeness (QED) is 0.316. The Kier molecular flexibility index (Phi) is 11.6. The molecular weight excluding hydrogens is 481 g/mol. The van der Waals surface area contributed by atoms with Crippen LogP contribution in [0.4, 0.5) is 0 Å². The predicted molar refractivity (Wildman–Crippen MR) is 127 cm³/mol. The van der Waals surface area contributed by atoms with E-state index in [2.05, 4.69) is 15.2 Å². The van der Waals surface area contributed by atoms with Gasteiger partial charge in [-0.2, -0.15) is 0 Å². The van der Waals surface area contributed by atoms with Gasteiger partial charge in [0.25, 0.3) is 0 Å². The van der Waals surface area contributed by atoms with Crippen LogP contribution < -0.4 is 11.1 Å². The number of guanidine groups is 1. The lowest BCUT2D eigenvalue weighted by Gasteiger charge is -2.34. The van der Waals surface area contributed by atoms with Crippen molar-refractivity contribution in [1.82, 2.24) is 15.1 Å². The smallest absolute Gasteiger partial charge is 0.224 e. The first-order valence-corrected chi connectivity index (χ1v) is 10.1. The molecule has 0 aliphatic carbocycles. The summed E-state index contributed by atoms with van der Waals surface area (Å²) in [6.07, 6.45) is 2.82. The summed E-state index contributed by atoms with van der Waals surface area (Å²) in [5.41, 5.74) is 6.47. The normalized spacial score (nSPS) is 16.7. The number of nitrogens with zero attached hydrogens (tertiary/aromatic N) is 3. The molecule has 3 N–H and O–H groups in total. The number of amides is 2. The highest BCUT2D eigenvalue weighted by Crippen LogP contribution is 2.19. The topological polar surface area (TPSA) is 91.0 Å². The first-order chi connectivity index (χ1) is 13.5. The third kappa shape index (κ3) is 9.01. The van der Waals surface area contributed by atoms with Crippen molar-refractivity contribution in [2.45, 2.75) is 39.2 Å². The maximum atomic E-state index is 12.4. The summed E-state index contributed by atoms with van der Waals surface area (Å²) in [5.74, 6) is 0.915. The van der Waals surface area contributed by atoms with Crippen molar-refractivity contribution in [2.75, 3.05) is 33.2 Å². The maximum Gasteiger partial charge on any atom is 0.224 e. The van der Waals surface area contributed by atoms with E-state index in [9.17, 15) is 9.59 Å². The van der Waals surface area contributed by atoms with Crippen LogP contribution in [0.2, 0.25) is 0 Å². The molecule has 1 fully saturated rings. The molecule has 1 aliphatic rings.